The Hall–Kier alpha value is 0.310. The van der Waals surface area contributed by atoms with Gasteiger partial charge in [-0.25, -0.2) is 0 Å². The number of hydrogen-bond acceptors (Lipinski definition) is 2. The molecule has 13 heavy (non-hydrogen) atoms. The van der Waals surface area contributed by atoms with Gasteiger partial charge in [-0.1, -0.05) is 12.8 Å². The maximum absolute atomic E-state index is 5.63. The molecule has 0 amide bonds. The van der Waals surface area contributed by atoms with Crippen molar-refractivity contribution in [1.29, 1.82) is 0 Å². The Morgan fingerprint density at radius 3 is 2.46 bits per heavy atom. The second-order valence-electron chi connectivity index (χ2n) is 4.76. The summed E-state index contributed by atoms with van der Waals surface area (Å²) >= 11 is 2.24. The lowest BCUT2D eigenvalue weighted by atomic mass is 10.1. The quantitative estimate of drug-likeness (QED) is 0.737. The van der Waals surface area contributed by atoms with Crippen molar-refractivity contribution in [2.24, 2.45) is 11.1 Å². The smallest absolute Gasteiger partial charge is 0.00472 e. The molecule has 2 heteroatoms. The van der Waals surface area contributed by atoms with Crippen LogP contribution < -0.4 is 5.73 Å². The molecule has 0 bridgehead atoms. The Morgan fingerprint density at radius 2 is 1.92 bits per heavy atom. The predicted molar refractivity (Wildman–Crippen MR) is 60.1 cm³/mol. The van der Waals surface area contributed by atoms with Crippen molar-refractivity contribution in [3.05, 3.63) is 0 Å². The Morgan fingerprint density at radius 1 is 1.23 bits per heavy atom. The minimum Gasteiger partial charge on any atom is -0.330 e. The summed E-state index contributed by atoms with van der Waals surface area (Å²) in [6.07, 6.45) is 10.1. The monoisotopic (exact) mass is 199 g/mol. The first-order valence-corrected chi connectivity index (χ1v) is 6.71. The van der Waals surface area contributed by atoms with Crippen LogP contribution in [-0.2, 0) is 0 Å². The van der Waals surface area contributed by atoms with Gasteiger partial charge in [0, 0.05) is 5.25 Å². The maximum Gasteiger partial charge on any atom is 0.00472 e. The molecule has 2 saturated carbocycles. The van der Waals surface area contributed by atoms with Gasteiger partial charge in [-0.05, 0) is 49.8 Å². The molecule has 0 unspecified atom stereocenters. The fourth-order valence-electron chi connectivity index (χ4n) is 2.30. The molecule has 0 aromatic carbocycles. The van der Waals surface area contributed by atoms with Crippen LogP contribution in [0.25, 0.3) is 0 Å². The zero-order valence-corrected chi connectivity index (χ0v) is 9.24. The summed E-state index contributed by atoms with van der Waals surface area (Å²) in [5.41, 5.74) is 6.33. The highest BCUT2D eigenvalue weighted by Gasteiger charge is 2.41. The van der Waals surface area contributed by atoms with Crippen LogP contribution >= 0.6 is 11.8 Å². The first-order chi connectivity index (χ1) is 6.35. The van der Waals surface area contributed by atoms with Gasteiger partial charge < -0.3 is 5.73 Å². The SMILES string of the molecule is NCCC1(CSC2CCCC2)CC1. The summed E-state index contributed by atoms with van der Waals surface area (Å²) in [7, 11) is 0. The van der Waals surface area contributed by atoms with Gasteiger partial charge in [0.25, 0.3) is 0 Å². The molecule has 76 valence electrons. The van der Waals surface area contributed by atoms with E-state index in [-0.39, 0.29) is 0 Å². The van der Waals surface area contributed by atoms with Crippen LogP contribution in [0, 0.1) is 5.41 Å². The molecule has 0 aliphatic heterocycles. The molecule has 0 atom stereocenters. The lowest BCUT2D eigenvalue weighted by molar-refractivity contribution is 0.536. The number of hydrogen-bond donors (Lipinski definition) is 1. The minimum atomic E-state index is 0.696. The molecule has 0 radical (unpaired) electrons. The highest BCUT2D eigenvalue weighted by atomic mass is 32.2. The maximum atomic E-state index is 5.63. The average molecular weight is 199 g/mol. The van der Waals surface area contributed by atoms with Crippen molar-refractivity contribution in [3.63, 3.8) is 0 Å². The Kier molecular flexibility index (Phi) is 3.20. The zero-order valence-electron chi connectivity index (χ0n) is 8.43. The minimum absolute atomic E-state index is 0.696. The van der Waals surface area contributed by atoms with Crippen molar-refractivity contribution < 1.29 is 0 Å². The number of thioether (sulfide) groups is 1. The third-order valence-electron chi connectivity index (χ3n) is 3.56. The number of rotatable bonds is 5. The van der Waals surface area contributed by atoms with E-state index in [4.69, 9.17) is 5.73 Å². The standard InChI is InChI=1S/C11H21NS/c12-8-7-11(5-6-11)9-13-10-3-1-2-4-10/h10H,1-9,12H2. The van der Waals surface area contributed by atoms with E-state index in [1.54, 1.807) is 0 Å². The van der Waals surface area contributed by atoms with Gasteiger partial charge in [-0.2, -0.15) is 11.8 Å². The molecule has 2 aliphatic rings. The van der Waals surface area contributed by atoms with E-state index in [1.165, 1.54) is 50.7 Å². The Bertz CT molecular complexity index is 159. The molecule has 2 rings (SSSR count). The molecular weight excluding hydrogens is 178 g/mol. The van der Waals surface area contributed by atoms with E-state index in [9.17, 15) is 0 Å². The highest BCUT2D eigenvalue weighted by molar-refractivity contribution is 7.99. The van der Waals surface area contributed by atoms with Gasteiger partial charge in [-0.3, -0.25) is 0 Å². The van der Waals surface area contributed by atoms with E-state index in [0.717, 1.165) is 11.8 Å². The van der Waals surface area contributed by atoms with Crippen molar-refractivity contribution in [2.75, 3.05) is 12.3 Å². The molecule has 2 aliphatic carbocycles. The van der Waals surface area contributed by atoms with E-state index in [0.29, 0.717) is 5.41 Å². The second-order valence-corrected chi connectivity index (χ2v) is 6.04. The van der Waals surface area contributed by atoms with Crippen molar-refractivity contribution in [2.45, 2.75) is 50.2 Å². The first-order valence-electron chi connectivity index (χ1n) is 5.66. The van der Waals surface area contributed by atoms with E-state index in [2.05, 4.69) is 11.8 Å². The van der Waals surface area contributed by atoms with Gasteiger partial charge >= 0.3 is 0 Å². The fraction of sp³-hybridized carbons (Fsp3) is 1.00. The summed E-state index contributed by atoms with van der Waals surface area (Å²) in [6, 6.07) is 0. The van der Waals surface area contributed by atoms with Gasteiger partial charge in [0.05, 0.1) is 0 Å². The molecule has 0 saturated heterocycles. The van der Waals surface area contributed by atoms with Crippen LogP contribution in [0.2, 0.25) is 0 Å². The van der Waals surface area contributed by atoms with E-state index >= 15 is 0 Å². The summed E-state index contributed by atoms with van der Waals surface area (Å²) in [5, 5.41) is 0.996. The topological polar surface area (TPSA) is 26.0 Å². The lowest BCUT2D eigenvalue weighted by Gasteiger charge is -2.16. The molecule has 0 heterocycles. The normalized spacial score (nSPS) is 26.5. The molecule has 2 fully saturated rings. The Labute approximate surface area is 85.8 Å². The third-order valence-corrected chi connectivity index (χ3v) is 5.28. The zero-order chi connectivity index (χ0) is 9.15. The van der Waals surface area contributed by atoms with Gasteiger partial charge in [0.15, 0.2) is 0 Å². The third kappa shape index (κ3) is 2.63. The fourth-order valence-corrected chi connectivity index (χ4v) is 3.99. The molecule has 0 aromatic heterocycles. The summed E-state index contributed by atoms with van der Waals surface area (Å²) in [6.45, 7) is 0.894. The molecule has 1 nitrogen and oxygen atoms in total. The predicted octanol–water partition coefficient (Wildman–Crippen LogP) is 2.79. The van der Waals surface area contributed by atoms with Gasteiger partial charge in [-0.15, -0.1) is 0 Å². The molecule has 0 spiro atoms. The molecule has 0 aromatic rings. The van der Waals surface area contributed by atoms with Crippen molar-refractivity contribution in [1.82, 2.24) is 0 Å². The van der Waals surface area contributed by atoms with Crippen molar-refractivity contribution in [3.8, 4) is 0 Å². The van der Waals surface area contributed by atoms with E-state index in [1.807, 2.05) is 0 Å². The largest absolute Gasteiger partial charge is 0.330 e. The summed E-state index contributed by atoms with van der Waals surface area (Å²) < 4.78 is 0. The Balaban J connectivity index is 1.66. The molecular formula is C11H21NS. The van der Waals surface area contributed by atoms with Crippen LogP contribution in [0.5, 0.6) is 0 Å². The highest BCUT2D eigenvalue weighted by Crippen LogP contribution is 2.52. The average Bonchev–Trinajstić information content (AvgIpc) is 2.71. The molecule has 2 N–H and O–H groups in total. The van der Waals surface area contributed by atoms with Gasteiger partial charge in [0.1, 0.15) is 0 Å². The van der Waals surface area contributed by atoms with Crippen LogP contribution in [0.4, 0.5) is 0 Å². The van der Waals surface area contributed by atoms with Crippen molar-refractivity contribution >= 4 is 11.8 Å². The second kappa shape index (κ2) is 4.22. The van der Waals surface area contributed by atoms with Crippen LogP contribution in [0.1, 0.15) is 44.9 Å². The van der Waals surface area contributed by atoms with Crippen LogP contribution in [0.15, 0.2) is 0 Å². The summed E-state index contributed by atoms with van der Waals surface area (Å²) in [5.74, 6) is 1.40. The van der Waals surface area contributed by atoms with E-state index < -0.39 is 0 Å². The first kappa shape index (κ1) is 9.85. The van der Waals surface area contributed by atoms with Crippen LogP contribution in [0.3, 0.4) is 0 Å². The lowest BCUT2D eigenvalue weighted by Crippen LogP contribution is -2.13. The summed E-state index contributed by atoms with van der Waals surface area (Å²) in [4.78, 5) is 0. The van der Waals surface area contributed by atoms with Gasteiger partial charge in [0.2, 0.25) is 0 Å². The number of nitrogens with two attached hydrogens (primary N) is 1. The van der Waals surface area contributed by atoms with Crippen LogP contribution in [-0.4, -0.2) is 17.5 Å².